The minimum Gasteiger partial charge on any atom is -0.450 e. The first-order valence-electron chi connectivity index (χ1n) is 23.0. The van der Waals surface area contributed by atoms with Crippen molar-refractivity contribution in [2.45, 2.75) is 31.1 Å². The van der Waals surface area contributed by atoms with Crippen LogP contribution in [0.3, 0.4) is 0 Å². The predicted molar refractivity (Wildman–Crippen MR) is 254 cm³/mol. The zero-order chi connectivity index (χ0) is 41.7. The number of aromatic nitrogens is 2. The third-order valence-electron chi connectivity index (χ3n) is 16.6. The second-order valence-electron chi connectivity index (χ2n) is 19.3. The second-order valence-corrected chi connectivity index (χ2v) is 19.3. The molecule has 0 saturated heterocycles. The molecule has 6 unspecified atom stereocenters. The summed E-state index contributed by atoms with van der Waals surface area (Å²) in [6.45, 7) is 0. The summed E-state index contributed by atoms with van der Waals surface area (Å²) in [5.41, 5.74) is 17.0. The number of fused-ring (bicyclic) bond motifs is 12. The second kappa shape index (κ2) is 12.7. The van der Waals surface area contributed by atoms with Gasteiger partial charge in [-0.05, 0) is 141 Å². The molecule has 0 amide bonds. The van der Waals surface area contributed by atoms with E-state index in [1.54, 1.807) is 0 Å². The van der Waals surface area contributed by atoms with Gasteiger partial charge in [-0.15, -0.1) is 0 Å². The number of hydrogen-bond donors (Lipinski definition) is 0. The minimum absolute atomic E-state index is 0.0836. The van der Waals surface area contributed by atoms with E-state index in [1.165, 1.54) is 64.6 Å². The Morgan fingerprint density at radius 1 is 0.453 bits per heavy atom. The van der Waals surface area contributed by atoms with Crippen LogP contribution >= 0.6 is 0 Å². The van der Waals surface area contributed by atoms with Crippen LogP contribution in [-0.4, -0.2) is 9.97 Å². The molecule has 5 aliphatic carbocycles. The van der Waals surface area contributed by atoms with Gasteiger partial charge in [-0.2, -0.15) is 0 Å². The molecule has 4 saturated carbocycles. The molecule has 0 radical (unpaired) electrons. The number of nitrogens with zero attached hydrogens (tertiary/aromatic N) is 2. The maximum absolute atomic E-state index is 6.96. The minimum atomic E-state index is -0.0836. The van der Waals surface area contributed by atoms with Crippen molar-refractivity contribution in [3.05, 3.63) is 193 Å². The molecule has 304 valence electrons. The van der Waals surface area contributed by atoms with Gasteiger partial charge in [-0.25, -0.2) is 9.97 Å². The summed E-state index contributed by atoms with van der Waals surface area (Å²) in [6, 6.07) is 65.3. The highest BCUT2D eigenvalue weighted by atomic mass is 16.6. The summed E-state index contributed by atoms with van der Waals surface area (Å²) in [4.78, 5) is 10.8. The van der Waals surface area contributed by atoms with E-state index in [1.807, 2.05) is 24.3 Å². The Morgan fingerprint density at radius 3 is 1.91 bits per heavy atom. The summed E-state index contributed by atoms with van der Waals surface area (Å²) in [5, 5.41) is 1.04. The number of rotatable bonds is 5. The fourth-order valence-corrected chi connectivity index (χ4v) is 14.3. The normalized spacial score (nSPS) is 24.4. The third kappa shape index (κ3) is 4.53. The Morgan fingerprint density at radius 2 is 1.09 bits per heavy atom. The van der Waals surface area contributed by atoms with E-state index in [4.69, 9.17) is 19.4 Å². The number of para-hydroxylation sites is 2. The summed E-state index contributed by atoms with van der Waals surface area (Å²) >= 11 is 0. The zero-order valence-corrected chi connectivity index (χ0v) is 35.2. The van der Waals surface area contributed by atoms with E-state index in [-0.39, 0.29) is 5.41 Å². The molecule has 0 N–H and O–H groups in total. The lowest BCUT2D eigenvalue weighted by molar-refractivity contribution is -0.232. The first-order valence-corrected chi connectivity index (χ1v) is 23.0. The van der Waals surface area contributed by atoms with Crippen molar-refractivity contribution in [1.82, 2.24) is 9.97 Å². The number of benzene rings is 8. The lowest BCUT2D eigenvalue weighted by Crippen LogP contribution is -2.73. The van der Waals surface area contributed by atoms with Crippen LogP contribution in [0.25, 0.3) is 78.1 Å². The van der Waals surface area contributed by atoms with Crippen LogP contribution in [-0.2, 0) is 5.41 Å². The lowest BCUT2D eigenvalue weighted by Gasteiger charge is -2.76. The van der Waals surface area contributed by atoms with E-state index in [2.05, 4.69) is 158 Å². The Balaban J connectivity index is 0.900. The summed E-state index contributed by atoms with van der Waals surface area (Å²) < 4.78 is 13.6. The molecule has 4 nitrogen and oxygen atoms in total. The van der Waals surface area contributed by atoms with Crippen LogP contribution in [0.1, 0.15) is 36.8 Å². The fraction of sp³-hybridized carbons (Fsp3) is 0.167. The molecular weight excluding hydrogens is 781 g/mol. The van der Waals surface area contributed by atoms with Crippen LogP contribution in [0.15, 0.2) is 182 Å². The molecule has 2 bridgehead atoms. The first-order chi connectivity index (χ1) is 31.6. The molecule has 15 rings (SSSR count). The average Bonchev–Trinajstić information content (AvgIpc) is 4.00. The monoisotopic (exact) mass is 822 g/mol. The Hall–Kier alpha value is -7.30. The number of ether oxygens (including phenoxy) is 2. The van der Waals surface area contributed by atoms with Crippen molar-refractivity contribution in [2.75, 3.05) is 0 Å². The van der Waals surface area contributed by atoms with E-state index in [0.29, 0.717) is 17.3 Å². The van der Waals surface area contributed by atoms with Crippen LogP contribution in [0, 0.1) is 29.1 Å². The molecule has 6 atom stereocenters. The van der Waals surface area contributed by atoms with Gasteiger partial charge < -0.3 is 9.47 Å². The summed E-state index contributed by atoms with van der Waals surface area (Å²) in [6.07, 6.45) is 5.46. The average molecular weight is 823 g/mol. The molecule has 6 aliphatic rings. The molecule has 64 heavy (non-hydrogen) atoms. The van der Waals surface area contributed by atoms with Gasteiger partial charge in [0.25, 0.3) is 0 Å². The molecule has 9 aromatic rings. The van der Waals surface area contributed by atoms with E-state index >= 15 is 0 Å². The highest BCUT2D eigenvalue weighted by molar-refractivity contribution is 6.00. The predicted octanol–water partition coefficient (Wildman–Crippen LogP) is 15.2. The molecule has 8 aromatic carbocycles. The van der Waals surface area contributed by atoms with Crippen molar-refractivity contribution < 1.29 is 9.47 Å². The van der Waals surface area contributed by atoms with Crippen molar-refractivity contribution in [3.8, 4) is 90.2 Å². The maximum Gasteiger partial charge on any atom is 0.174 e. The quantitative estimate of drug-likeness (QED) is 0.173. The van der Waals surface area contributed by atoms with Gasteiger partial charge in [0.2, 0.25) is 0 Å². The molecule has 2 spiro atoms. The van der Waals surface area contributed by atoms with Gasteiger partial charge in [0, 0.05) is 27.5 Å². The number of hydrogen-bond acceptors (Lipinski definition) is 4. The molecule has 1 aromatic heterocycles. The van der Waals surface area contributed by atoms with Crippen LogP contribution < -0.4 is 9.47 Å². The van der Waals surface area contributed by atoms with E-state index < -0.39 is 0 Å². The van der Waals surface area contributed by atoms with Crippen LogP contribution in [0.2, 0.25) is 0 Å². The first kappa shape index (κ1) is 35.2. The standard InChI is InChI=1S/C60H42N2O2/c1-3-11-36(12-4-1)37-19-21-39(22-20-37)58-61-49-32-41(24-26-47(49)56(62-58)46-16-8-7-15-43(46)38-13-5-2-6-14-38)40-23-25-44-45-27-28-52-57(64-51-18-10-9-17-50(51)63-52)55(45)60(48(44)31-40)53-30-35-29-42-33-54(60)59(42,53)34-35/h1-28,31-32,35,42,53-54H,29-30,33-34H2. The largest absolute Gasteiger partial charge is 0.450 e. The van der Waals surface area contributed by atoms with E-state index in [9.17, 15) is 0 Å². The van der Waals surface area contributed by atoms with Crippen molar-refractivity contribution in [1.29, 1.82) is 0 Å². The lowest BCUT2D eigenvalue weighted by atomic mass is 9.27. The van der Waals surface area contributed by atoms with Gasteiger partial charge in [0.1, 0.15) is 0 Å². The van der Waals surface area contributed by atoms with Crippen LogP contribution in [0.4, 0.5) is 0 Å². The van der Waals surface area contributed by atoms with Gasteiger partial charge in [-0.3, -0.25) is 0 Å². The third-order valence-corrected chi connectivity index (χ3v) is 16.6. The smallest absolute Gasteiger partial charge is 0.174 e. The fourth-order valence-electron chi connectivity index (χ4n) is 14.3. The van der Waals surface area contributed by atoms with Gasteiger partial charge in [0.15, 0.2) is 28.8 Å². The van der Waals surface area contributed by atoms with Gasteiger partial charge in [0.05, 0.1) is 11.2 Å². The van der Waals surface area contributed by atoms with Crippen LogP contribution in [0.5, 0.6) is 23.0 Å². The molecule has 2 heterocycles. The van der Waals surface area contributed by atoms with Gasteiger partial charge in [-0.1, -0.05) is 146 Å². The maximum atomic E-state index is 6.96. The zero-order valence-electron chi connectivity index (χ0n) is 35.2. The molecule has 4 fully saturated rings. The van der Waals surface area contributed by atoms with Crippen molar-refractivity contribution in [2.24, 2.45) is 29.1 Å². The SMILES string of the molecule is c1ccc(-c2ccc(-c3nc(-c4ccccc4-c4ccccc4)c4ccc(-c5ccc6c(c5)C5(c7c-6ccc6c7Oc7ccccc7O6)C6CC7CC8CC5C86C7)cc4n3)cc2)cc1. The van der Waals surface area contributed by atoms with Crippen molar-refractivity contribution >= 4 is 10.9 Å². The Kier molecular flexibility index (Phi) is 6.97. The van der Waals surface area contributed by atoms with Gasteiger partial charge >= 0.3 is 0 Å². The molecule has 1 aliphatic heterocycles. The highest BCUT2D eigenvalue weighted by Gasteiger charge is 2.85. The summed E-state index contributed by atoms with van der Waals surface area (Å²) in [5.74, 6) is 7.06. The highest BCUT2D eigenvalue weighted by Crippen LogP contribution is 2.90. The van der Waals surface area contributed by atoms with E-state index in [0.717, 1.165) is 85.1 Å². The molecular formula is C60H42N2O2. The Labute approximate surface area is 372 Å². The topological polar surface area (TPSA) is 44.2 Å². The summed E-state index contributed by atoms with van der Waals surface area (Å²) in [7, 11) is 0. The molecule has 4 heteroatoms. The van der Waals surface area contributed by atoms with Crippen molar-refractivity contribution in [3.63, 3.8) is 0 Å². The Bertz CT molecular complexity index is 3440.